The molecule has 1 aromatic carbocycles. The molecular weight excluding hydrogens is 378 g/mol. The fourth-order valence-corrected chi connectivity index (χ4v) is 3.63. The summed E-state index contributed by atoms with van der Waals surface area (Å²) < 4.78 is 28.5. The number of aryl methyl sites for hydroxylation is 2. The maximum Gasteiger partial charge on any atom is 0.241 e. The number of carbonyl (C=O) groups is 1. The third kappa shape index (κ3) is 5.02. The third-order valence-electron chi connectivity index (χ3n) is 4.04. The summed E-state index contributed by atoms with van der Waals surface area (Å²) in [4.78, 5) is 16.5. The molecule has 9 heteroatoms. The number of rotatable bonds is 7. The molecule has 28 heavy (non-hydrogen) atoms. The van der Waals surface area contributed by atoms with Gasteiger partial charge in [0.1, 0.15) is 0 Å². The second kappa shape index (κ2) is 8.32. The van der Waals surface area contributed by atoms with E-state index in [2.05, 4.69) is 20.1 Å². The van der Waals surface area contributed by atoms with Crippen LogP contribution in [-0.4, -0.2) is 35.6 Å². The summed E-state index contributed by atoms with van der Waals surface area (Å²) in [6.45, 7) is 1.72. The molecule has 3 rings (SSSR count). The number of sulfonamides is 1. The van der Waals surface area contributed by atoms with Crippen molar-refractivity contribution in [2.75, 3.05) is 6.54 Å². The molecule has 0 radical (unpaired) electrons. The van der Waals surface area contributed by atoms with Gasteiger partial charge in [-0.25, -0.2) is 13.1 Å². The lowest BCUT2D eigenvalue weighted by molar-refractivity contribution is -0.120. The van der Waals surface area contributed by atoms with Crippen LogP contribution in [0.5, 0.6) is 0 Å². The van der Waals surface area contributed by atoms with Crippen LogP contribution in [0.15, 0.2) is 59.9 Å². The van der Waals surface area contributed by atoms with Gasteiger partial charge in [0.15, 0.2) is 0 Å². The monoisotopic (exact) mass is 399 g/mol. The first-order chi connectivity index (χ1) is 13.3. The summed E-state index contributed by atoms with van der Waals surface area (Å²) in [7, 11) is -1.89. The predicted molar refractivity (Wildman–Crippen MR) is 105 cm³/mol. The molecule has 0 aliphatic rings. The summed E-state index contributed by atoms with van der Waals surface area (Å²) in [6.07, 6.45) is 5.26. The highest BCUT2D eigenvalue weighted by Gasteiger charge is 2.15. The van der Waals surface area contributed by atoms with Crippen LogP contribution in [0.4, 0.5) is 0 Å². The van der Waals surface area contributed by atoms with Crippen molar-refractivity contribution < 1.29 is 13.2 Å². The zero-order valence-electron chi connectivity index (χ0n) is 15.6. The summed E-state index contributed by atoms with van der Waals surface area (Å²) >= 11 is 0. The van der Waals surface area contributed by atoms with Crippen LogP contribution in [0.25, 0.3) is 11.3 Å². The Kier molecular flexibility index (Phi) is 5.86. The summed E-state index contributed by atoms with van der Waals surface area (Å²) in [5, 5.41) is 6.78. The minimum absolute atomic E-state index is 0.135. The van der Waals surface area contributed by atoms with Crippen LogP contribution in [0.2, 0.25) is 0 Å². The Balaban J connectivity index is 1.51. The average Bonchev–Trinajstić information content (AvgIpc) is 3.11. The summed E-state index contributed by atoms with van der Waals surface area (Å²) in [5.41, 5.74) is 3.33. The number of pyridine rings is 1. The highest BCUT2D eigenvalue weighted by Crippen LogP contribution is 2.15. The fourth-order valence-electron chi connectivity index (χ4n) is 2.54. The maximum atomic E-state index is 12.2. The minimum Gasteiger partial charge on any atom is -0.351 e. The van der Waals surface area contributed by atoms with Crippen LogP contribution >= 0.6 is 0 Å². The van der Waals surface area contributed by atoms with Gasteiger partial charge in [0.2, 0.25) is 15.9 Å². The predicted octanol–water partition coefficient (Wildman–Crippen LogP) is 1.39. The van der Waals surface area contributed by atoms with E-state index < -0.39 is 15.9 Å². The molecule has 8 nitrogen and oxygen atoms in total. The first-order valence-corrected chi connectivity index (χ1v) is 10.1. The van der Waals surface area contributed by atoms with E-state index in [1.807, 2.05) is 25.4 Å². The van der Waals surface area contributed by atoms with E-state index in [4.69, 9.17) is 0 Å². The molecule has 3 aromatic rings. The quantitative estimate of drug-likeness (QED) is 0.624. The average molecular weight is 399 g/mol. The van der Waals surface area contributed by atoms with Gasteiger partial charge in [-0.3, -0.25) is 14.5 Å². The minimum atomic E-state index is -3.73. The van der Waals surface area contributed by atoms with Crippen molar-refractivity contribution in [3.8, 4) is 11.3 Å². The molecule has 0 bridgehead atoms. The highest BCUT2D eigenvalue weighted by atomic mass is 32.2. The first-order valence-electron chi connectivity index (χ1n) is 8.60. The number of amides is 1. The number of carbonyl (C=O) groups excluding carboxylic acids is 1. The Morgan fingerprint density at radius 1 is 1.18 bits per heavy atom. The smallest absolute Gasteiger partial charge is 0.241 e. The molecule has 0 unspecified atom stereocenters. The van der Waals surface area contributed by atoms with Crippen molar-refractivity contribution in [1.29, 1.82) is 0 Å². The molecule has 0 atom stereocenters. The van der Waals surface area contributed by atoms with E-state index in [9.17, 15) is 13.2 Å². The summed E-state index contributed by atoms with van der Waals surface area (Å²) in [5.74, 6) is -0.424. The Bertz CT molecular complexity index is 1070. The van der Waals surface area contributed by atoms with Crippen LogP contribution in [0, 0.1) is 6.92 Å². The maximum absolute atomic E-state index is 12.2. The number of hydrogen-bond donors (Lipinski definition) is 2. The Hall–Kier alpha value is -3.04. The Morgan fingerprint density at radius 2 is 2.00 bits per heavy atom. The second-order valence-corrected chi connectivity index (χ2v) is 8.14. The molecule has 0 spiro atoms. The van der Waals surface area contributed by atoms with E-state index >= 15 is 0 Å². The summed E-state index contributed by atoms with van der Waals surface area (Å²) in [6, 6.07) is 10.2. The number of hydrogen-bond acceptors (Lipinski definition) is 5. The van der Waals surface area contributed by atoms with Gasteiger partial charge in [-0.15, -0.1) is 0 Å². The first kappa shape index (κ1) is 19.7. The number of aromatic nitrogens is 3. The number of benzene rings is 1. The van der Waals surface area contributed by atoms with Crippen molar-refractivity contribution in [3.63, 3.8) is 0 Å². The van der Waals surface area contributed by atoms with E-state index in [-0.39, 0.29) is 18.0 Å². The Labute approximate surface area is 163 Å². The van der Waals surface area contributed by atoms with Crippen molar-refractivity contribution in [3.05, 3.63) is 66.1 Å². The van der Waals surface area contributed by atoms with E-state index in [0.717, 1.165) is 22.4 Å². The van der Waals surface area contributed by atoms with Gasteiger partial charge < -0.3 is 5.32 Å². The van der Waals surface area contributed by atoms with Crippen molar-refractivity contribution in [2.45, 2.75) is 18.4 Å². The largest absolute Gasteiger partial charge is 0.351 e. The van der Waals surface area contributed by atoms with Crippen LogP contribution in [-0.2, 0) is 28.4 Å². The van der Waals surface area contributed by atoms with E-state index in [1.165, 1.54) is 6.07 Å². The van der Waals surface area contributed by atoms with Crippen LogP contribution < -0.4 is 10.0 Å². The molecule has 2 aromatic heterocycles. The number of nitrogens with zero attached hydrogens (tertiary/aromatic N) is 3. The van der Waals surface area contributed by atoms with Crippen molar-refractivity contribution in [2.24, 2.45) is 7.05 Å². The standard InChI is InChI=1S/C19H21N5O3S/c1-14-4-3-5-17(8-14)28(26,27)23-12-19(25)21-10-15-6-7-18(20-9-15)16-11-22-24(2)13-16/h3-9,11,13,23H,10,12H2,1-2H3,(H,21,25). The van der Waals surface area contributed by atoms with Gasteiger partial charge in [-0.05, 0) is 36.2 Å². The van der Waals surface area contributed by atoms with Crippen LogP contribution in [0.1, 0.15) is 11.1 Å². The molecule has 0 aliphatic carbocycles. The molecule has 2 heterocycles. The van der Waals surface area contributed by atoms with E-state index in [1.54, 1.807) is 42.2 Å². The van der Waals surface area contributed by atoms with E-state index in [0.29, 0.717) is 0 Å². The fraction of sp³-hybridized carbons (Fsp3) is 0.211. The molecule has 0 fully saturated rings. The lowest BCUT2D eigenvalue weighted by Crippen LogP contribution is -2.36. The Morgan fingerprint density at radius 3 is 2.64 bits per heavy atom. The van der Waals surface area contributed by atoms with Gasteiger partial charge in [-0.2, -0.15) is 5.10 Å². The third-order valence-corrected chi connectivity index (χ3v) is 5.44. The van der Waals surface area contributed by atoms with Gasteiger partial charge in [-0.1, -0.05) is 18.2 Å². The molecular formula is C19H21N5O3S. The van der Waals surface area contributed by atoms with Gasteiger partial charge in [0.25, 0.3) is 0 Å². The zero-order valence-corrected chi connectivity index (χ0v) is 16.4. The van der Waals surface area contributed by atoms with Gasteiger partial charge >= 0.3 is 0 Å². The number of nitrogens with one attached hydrogen (secondary N) is 2. The van der Waals surface area contributed by atoms with Gasteiger partial charge in [0, 0.05) is 31.5 Å². The molecule has 0 saturated heterocycles. The van der Waals surface area contributed by atoms with Crippen molar-refractivity contribution in [1.82, 2.24) is 24.8 Å². The van der Waals surface area contributed by atoms with Gasteiger partial charge in [0.05, 0.1) is 23.3 Å². The zero-order chi connectivity index (χ0) is 20.1. The normalized spacial score (nSPS) is 11.4. The van der Waals surface area contributed by atoms with Crippen LogP contribution in [0.3, 0.4) is 0 Å². The highest BCUT2D eigenvalue weighted by molar-refractivity contribution is 7.89. The molecule has 2 N–H and O–H groups in total. The molecule has 0 saturated carbocycles. The lowest BCUT2D eigenvalue weighted by atomic mass is 10.2. The topological polar surface area (TPSA) is 106 Å². The molecule has 146 valence electrons. The lowest BCUT2D eigenvalue weighted by Gasteiger charge is -2.08. The molecule has 1 amide bonds. The molecule has 0 aliphatic heterocycles. The SMILES string of the molecule is Cc1cccc(S(=O)(=O)NCC(=O)NCc2ccc(-c3cnn(C)c3)nc2)c1. The van der Waals surface area contributed by atoms with Crippen molar-refractivity contribution >= 4 is 15.9 Å². The second-order valence-electron chi connectivity index (χ2n) is 6.37.